The maximum absolute atomic E-state index is 13.2. The van der Waals surface area contributed by atoms with Crippen LogP contribution in [0.15, 0.2) is 36.5 Å². The molecular weight excluding hydrogens is 1140 g/mol. The van der Waals surface area contributed by atoms with Crippen molar-refractivity contribution in [1.82, 2.24) is 5.32 Å². The second-order valence-electron chi connectivity index (χ2n) is 28.9. The third kappa shape index (κ3) is 59.7. The number of allylic oxidation sites excluding steroid dienone is 6. The second kappa shape index (κ2) is 72.2. The highest BCUT2D eigenvalue weighted by Crippen LogP contribution is 2.24. The van der Waals surface area contributed by atoms with Gasteiger partial charge in [0, 0.05) is 6.42 Å². The molecule has 7 atom stereocenters. The highest BCUT2D eigenvalue weighted by atomic mass is 16.7. The molecule has 0 saturated carbocycles. The molecule has 7 unspecified atom stereocenters. The normalized spacial score (nSPS) is 17.8. The first-order chi connectivity index (χ1) is 45.3. The molecule has 1 amide bonds. The molecule has 92 heavy (non-hydrogen) atoms. The first kappa shape index (κ1) is 88.4. The Bertz CT molecular complexity index is 1550. The largest absolute Gasteiger partial charge is 0.394 e. The van der Waals surface area contributed by atoms with Crippen LogP contribution in [0.25, 0.3) is 0 Å². The van der Waals surface area contributed by atoms with Crippen molar-refractivity contribution in [2.45, 2.75) is 474 Å². The number of carbonyl (C=O) groups excluding carboxylic acids is 1. The van der Waals surface area contributed by atoms with Gasteiger partial charge in [0.15, 0.2) is 6.29 Å². The van der Waals surface area contributed by atoms with Gasteiger partial charge in [-0.05, 0) is 51.4 Å². The molecule has 0 aromatic carbocycles. The van der Waals surface area contributed by atoms with Crippen LogP contribution in [0, 0.1) is 0 Å². The number of hydrogen-bond acceptors (Lipinski definition) is 8. The Morgan fingerprint density at radius 2 is 0.641 bits per heavy atom. The summed E-state index contributed by atoms with van der Waals surface area (Å²) in [6.07, 6.45) is 91.2. The van der Waals surface area contributed by atoms with Crippen LogP contribution in [0.2, 0.25) is 0 Å². The fourth-order valence-electron chi connectivity index (χ4n) is 13.6. The lowest BCUT2D eigenvalue weighted by molar-refractivity contribution is -0.302. The van der Waals surface area contributed by atoms with Gasteiger partial charge >= 0.3 is 0 Å². The van der Waals surface area contributed by atoms with Crippen molar-refractivity contribution >= 4 is 5.91 Å². The summed E-state index contributed by atoms with van der Waals surface area (Å²) in [5.74, 6) is -0.134. The van der Waals surface area contributed by atoms with E-state index in [1.54, 1.807) is 0 Å². The smallest absolute Gasteiger partial charge is 0.220 e. The van der Waals surface area contributed by atoms with E-state index in [1.165, 1.54) is 353 Å². The molecule has 0 spiro atoms. The zero-order valence-corrected chi connectivity index (χ0v) is 61.3. The van der Waals surface area contributed by atoms with Crippen LogP contribution in [0.5, 0.6) is 0 Å². The summed E-state index contributed by atoms with van der Waals surface area (Å²) in [5, 5.41) is 55.1. The molecule has 1 aliphatic rings. The molecule has 0 aromatic heterocycles. The molecule has 1 aliphatic heterocycles. The highest BCUT2D eigenvalue weighted by Gasteiger charge is 2.44. The Morgan fingerprint density at radius 3 is 0.946 bits per heavy atom. The van der Waals surface area contributed by atoms with Crippen LogP contribution in [0.1, 0.15) is 431 Å². The predicted octanol–water partition coefficient (Wildman–Crippen LogP) is 23.7. The minimum atomic E-state index is -1.55. The average molecular weight is 1300 g/mol. The van der Waals surface area contributed by atoms with E-state index in [2.05, 4.69) is 55.6 Å². The molecule has 1 heterocycles. The number of unbranched alkanes of at least 4 members (excludes halogenated alkanes) is 58. The Hall–Kier alpha value is -1.59. The zero-order chi connectivity index (χ0) is 66.4. The minimum Gasteiger partial charge on any atom is -0.394 e. The topological polar surface area (TPSA) is 149 Å². The third-order valence-corrected chi connectivity index (χ3v) is 20.0. The number of nitrogens with one attached hydrogen (secondary N) is 1. The van der Waals surface area contributed by atoms with E-state index in [9.17, 15) is 30.3 Å². The lowest BCUT2D eigenvalue weighted by atomic mass is 9.99. The quantitative estimate of drug-likeness (QED) is 0.0261. The number of carbonyl (C=O) groups is 1. The molecule has 0 aliphatic carbocycles. The summed E-state index contributed by atoms with van der Waals surface area (Å²) in [5.41, 5.74) is 0. The van der Waals surface area contributed by atoms with Crippen LogP contribution in [-0.4, -0.2) is 87.5 Å². The van der Waals surface area contributed by atoms with E-state index in [4.69, 9.17) is 9.47 Å². The van der Waals surface area contributed by atoms with Crippen LogP contribution < -0.4 is 5.32 Å². The molecule has 1 rings (SSSR count). The van der Waals surface area contributed by atoms with Gasteiger partial charge in [0.1, 0.15) is 24.4 Å². The number of amides is 1. The number of aliphatic hydroxyl groups is 5. The number of ether oxygens (including phenoxy) is 2. The molecule has 1 fully saturated rings. The summed E-state index contributed by atoms with van der Waals surface area (Å²) in [7, 11) is 0. The first-order valence-corrected chi connectivity index (χ1v) is 41.2. The Morgan fingerprint density at radius 1 is 0.370 bits per heavy atom. The zero-order valence-electron chi connectivity index (χ0n) is 61.3. The first-order valence-electron chi connectivity index (χ1n) is 41.2. The molecule has 6 N–H and O–H groups in total. The van der Waals surface area contributed by atoms with Crippen molar-refractivity contribution in [3.05, 3.63) is 36.5 Å². The molecule has 0 bridgehead atoms. The van der Waals surface area contributed by atoms with E-state index in [-0.39, 0.29) is 12.5 Å². The van der Waals surface area contributed by atoms with Gasteiger partial charge in [0.25, 0.3) is 0 Å². The summed E-state index contributed by atoms with van der Waals surface area (Å²) in [6, 6.07) is -0.719. The van der Waals surface area contributed by atoms with E-state index in [0.29, 0.717) is 12.8 Å². The van der Waals surface area contributed by atoms with Crippen molar-refractivity contribution in [2.75, 3.05) is 13.2 Å². The van der Waals surface area contributed by atoms with Gasteiger partial charge in [-0.15, -0.1) is 0 Å². The Kier molecular flexibility index (Phi) is 69.4. The van der Waals surface area contributed by atoms with Gasteiger partial charge in [-0.2, -0.15) is 0 Å². The molecule has 0 radical (unpaired) electrons. The van der Waals surface area contributed by atoms with Gasteiger partial charge < -0.3 is 40.3 Å². The van der Waals surface area contributed by atoms with Gasteiger partial charge in [-0.3, -0.25) is 4.79 Å². The van der Waals surface area contributed by atoms with Crippen molar-refractivity contribution < 1.29 is 39.8 Å². The molecule has 1 saturated heterocycles. The molecule has 544 valence electrons. The summed E-state index contributed by atoms with van der Waals surface area (Å²) in [4.78, 5) is 13.2. The summed E-state index contributed by atoms with van der Waals surface area (Å²) in [6.45, 7) is 3.89. The lowest BCUT2D eigenvalue weighted by Crippen LogP contribution is -2.60. The van der Waals surface area contributed by atoms with E-state index in [1.807, 2.05) is 0 Å². The van der Waals surface area contributed by atoms with Crippen molar-refractivity contribution in [3.8, 4) is 0 Å². The second-order valence-corrected chi connectivity index (χ2v) is 28.9. The van der Waals surface area contributed by atoms with Crippen LogP contribution in [-0.2, 0) is 14.3 Å². The number of hydrogen-bond donors (Lipinski definition) is 6. The summed E-state index contributed by atoms with van der Waals surface area (Å²) < 4.78 is 11.4. The van der Waals surface area contributed by atoms with Gasteiger partial charge in [0.05, 0.1) is 25.4 Å². The molecule has 0 aromatic rings. The van der Waals surface area contributed by atoms with Crippen LogP contribution in [0.4, 0.5) is 0 Å². The summed E-state index contributed by atoms with van der Waals surface area (Å²) >= 11 is 0. The van der Waals surface area contributed by atoms with E-state index < -0.39 is 49.5 Å². The Labute approximate surface area is 571 Å². The maximum atomic E-state index is 13.2. The molecule has 9 nitrogen and oxygen atoms in total. The van der Waals surface area contributed by atoms with Crippen LogP contribution >= 0.6 is 0 Å². The third-order valence-electron chi connectivity index (χ3n) is 20.0. The fraction of sp³-hybridized carbons (Fsp3) is 0.916. The predicted molar refractivity (Wildman–Crippen MR) is 397 cm³/mol. The van der Waals surface area contributed by atoms with E-state index >= 15 is 0 Å². The van der Waals surface area contributed by atoms with Gasteiger partial charge in [-0.1, -0.05) is 410 Å². The highest BCUT2D eigenvalue weighted by molar-refractivity contribution is 5.76. The van der Waals surface area contributed by atoms with Crippen molar-refractivity contribution in [2.24, 2.45) is 0 Å². The van der Waals surface area contributed by atoms with Gasteiger partial charge in [-0.25, -0.2) is 0 Å². The monoisotopic (exact) mass is 1300 g/mol. The molecule has 9 heteroatoms. The minimum absolute atomic E-state index is 0.132. The fourth-order valence-corrected chi connectivity index (χ4v) is 13.6. The van der Waals surface area contributed by atoms with Crippen LogP contribution in [0.3, 0.4) is 0 Å². The standard InChI is InChI=1S/C83H159NO8/c1-3-5-7-9-11-13-15-17-19-21-23-25-27-29-31-33-34-35-36-37-38-39-40-41-42-43-44-45-47-49-51-53-55-57-59-61-63-65-67-69-71-73-79(87)84-76(75-91-83-82(90)81(89)80(88)78(74-85)92-83)77(86)72-70-68-66-64-62-60-58-56-54-52-50-48-46-32-30-28-26-24-22-20-18-16-14-12-10-8-6-4-2/h15,17,21,23,27,29,76-78,80-83,85-86,88-90H,3-14,16,18-20,22,24-26,28,30-75H2,1-2H3,(H,84,87)/b17-15-,23-21-,29-27-. The Balaban J connectivity index is 2.02. The maximum Gasteiger partial charge on any atom is 0.220 e. The lowest BCUT2D eigenvalue weighted by Gasteiger charge is -2.40. The molecular formula is C83H159NO8. The SMILES string of the molecule is CCCCCCC/C=C\C/C=C\C/C=C\CCCCCCCCCCCCCCCCCCCCCCCCCCCCC(=O)NC(COC1OC(CO)C(O)C(O)C1O)C(O)CCCCCCCCCCCCCCCCCCCCCCCCCCCCCC. The van der Waals surface area contributed by atoms with E-state index in [0.717, 1.165) is 51.4 Å². The van der Waals surface area contributed by atoms with Gasteiger partial charge in [0.2, 0.25) is 5.91 Å². The number of aliphatic hydroxyl groups excluding tert-OH is 5. The average Bonchev–Trinajstić information content (AvgIpc) is 1.00. The van der Waals surface area contributed by atoms with Crippen molar-refractivity contribution in [3.63, 3.8) is 0 Å². The number of rotatable bonds is 74. The van der Waals surface area contributed by atoms with Crippen molar-refractivity contribution in [1.29, 1.82) is 0 Å².